The van der Waals surface area contributed by atoms with Gasteiger partial charge in [-0.2, -0.15) is 0 Å². The van der Waals surface area contributed by atoms with Gasteiger partial charge in [0.1, 0.15) is 26.4 Å². The van der Waals surface area contributed by atoms with Gasteiger partial charge in [-0.05, 0) is 31.1 Å². The summed E-state index contributed by atoms with van der Waals surface area (Å²) in [6.07, 6.45) is 8.29. The quantitative estimate of drug-likeness (QED) is 0.187. The molecule has 162 valence electrons. The summed E-state index contributed by atoms with van der Waals surface area (Å²) in [5.74, 6) is -0.265. The minimum absolute atomic E-state index is 0.0293. The number of hydrogen-bond donors (Lipinski definition) is 0. The number of allylic oxidation sites excluding steroid dienone is 4. The van der Waals surface area contributed by atoms with Crippen molar-refractivity contribution in [2.24, 2.45) is 23.7 Å². The molecule has 2 aliphatic rings. The van der Waals surface area contributed by atoms with Gasteiger partial charge >= 0.3 is 11.9 Å². The lowest BCUT2D eigenvalue weighted by Crippen LogP contribution is -2.36. The zero-order chi connectivity index (χ0) is 21.2. The standard InChI is InChI=1S/C23H34O6/c1-5-7-16(3)26-11-13-28-22(24)20-18-9-10-19(15-18)21(20)23(25)29-14-12-27-17(4)8-6-2/h9-10,18-21H,3-8,11-15H2,1-2H3. The van der Waals surface area contributed by atoms with Crippen LogP contribution >= 0.6 is 0 Å². The number of ether oxygens (including phenoxy) is 4. The number of carbonyl (C=O) groups is 2. The van der Waals surface area contributed by atoms with Crippen molar-refractivity contribution in [2.45, 2.75) is 46.0 Å². The summed E-state index contributed by atoms with van der Waals surface area (Å²) < 4.78 is 21.6. The number of fused-ring (bicyclic) bond motifs is 2. The van der Waals surface area contributed by atoms with Crippen LogP contribution < -0.4 is 0 Å². The van der Waals surface area contributed by atoms with Gasteiger partial charge in [-0.1, -0.05) is 39.2 Å². The Balaban J connectivity index is 1.78. The molecule has 0 N–H and O–H groups in total. The third kappa shape index (κ3) is 6.65. The molecule has 29 heavy (non-hydrogen) atoms. The summed E-state index contributed by atoms with van der Waals surface area (Å²) in [5, 5.41) is 0. The molecular weight excluding hydrogens is 372 g/mol. The maximum atomic E-state index is 12.6. The summed E-state index contributed by atoms with van der Waals surface area (Å²) in [4.78, 5) is 25.3. The molecule has 0 spiro atoms. The summed E-state index contributed by atoms with van der Waals surface area (Å²) >= 11 is 0. The highest BCUT2D eigenvalue weighted by atomic mass is 16.6. The van der Waals surface area contributed by atoms with E-state index in [2.05, 4.69) is 13.2 Å². The molecule has 0 radical (unpaired) electrons. The Labute approximate surface area is 173 Å². The van der Waals surface area contributed by atoms with E-state index in [0.29, 0.717) is 11.5 Å². The number of rotatable bonds is 14. The first-order chi connectivity index (χ1) is 14.0. The predicted octanol–water partition coefficient (Wildman–Crippen LogP) is 4.17. The molecule has 1 saturated carbocycles. The molecule has 2 aliphatic carbocycles. The molecule has 6 heteroatoms. The Bertz CT molecular complexity index is 571. The lowest BCUT2D eigenvalue weighted by molar-refractivity contribution is -0.162. The van der Waals surface area contributed by atoms with Crippen molar-refractivity contribution in [1.82, 2.24) is 0 Å². The van der Waals surface area contributed by atoms with Crippen LogP contribution in [0, 0.1) is 23.7 Å². The first kappa shape index (κ1) is 23.0. The Kier molecular flexibility index (Phi) is 9.29. The van der Waals surface area contributed by atoms with E-state index in [1.54, 1.807) is 0 Å². The average Bonchev–Trinajstić information content (AvgIpc) is 3.30. The lowest BCUT2D eigenvalue weighted by Gasteiger charge is -2.25. The molecule has 0 amide bonds. The maximum absolute atomic E-state index is 12.6. The van der Waals surface area contributed by atoms with E-state index in [1.165, 1.54) is 0 Å². The number of hydrogen-bond acceptors (Lipinski definition) is 6. The largest absolute Gasteiger partial charge is 0.495 e. The fraction of sp³-hybridized carbons (Fsp3) is 0.652. The second-order valence-electron chi connectivity index (χ2n) is 7.61. The molecule has 0 aromatic heterocycles. The summed E-state index contributed by atoms with van der Waals surface area (Å²) in [6.45, 7) is 12.6. The molecule has 0 aliphatic heterocycles. The van der Waals surface area contributed by atoms with E-state index < -0.39 is 11.8 Å². The van der Waals surface area contributed by atoms with E-state index in [9.17, 15) is 9.59 Å². The third-order valence-corrected chi connectivity index (χ3v) is 5.33. The second-order valence-corrected chi connectivity index (χ2v) is 7.61. The van der Waals surface area contributed by atoms with E-state index in [0.717, 1.165) is 32.1 Å². The molecule has 0 aromatic carbocycles. The van der Waals surface area contributed by atoms with E-state index in [4.69, 9.17) is 18.9 Å². The van der Waals surface area contributed by atoms with Crippen LogP contribution in [-0.2, 0) is 28.5 Å². The van der Waals surface area contributed by atoms with Crippen molar-refractivity contribution in [3.63, 3.8) is 0 Å². The molecule has 0 heterocycles. The van der Waals surface area contributed by atoms with Gasteiger partial charge in [0.2, 0.25) is 0 Å². The van der Waals surface area contributed by atoms with Crippen molar-refractivity contribution in [3.05, 3.63) is 36.8 Å². The van der Waals surface area contributed by atoms with Crippen molar-refractivity contribution < 1.29 is 28.5 Å². The molecular formula is C23H34O6. The first-order valence-electron chi connectivity index (χ1n) is 10.6. The average molecular weight is 407 g/mol. The van der Waals surface area contributed by atoms with Crippen molar-refractivity contribution >= 4 is 11.9 Å². The van der Waals surface area contributed by atoms with Gasteiger partial charge in [0, 0.05) is 12.8 Å². The highest BCUT2D eigenvalue weighted by Crippen LogP contribution is 2.49. The monoisotopic (exact) mass is 406 g/mol. The molecule has 4 atom stereocenters. The van der Waals surface area contributed by atoms with Crippen LogP contribution in [0.2, 0.25) is 0 Å². The van der Waals surface area contributed by atoms with Crippen LogP contribution in [0.3, 0.4) is 0 Å². The first-order valence-corrected chi connectivity index (χ1v) is 10.6. The van der Waals surface area contributed by atoms with Crippen molar-refractivity contribution in [3.8, 4) is 0 Å². The van der Waals surface area contributed by atoms with Gasteiger partial charge in [0.15, 0.2) is 0 Å². The molecule has 4 unspecified atom stereocenters. The Hall–Kier alpha value is -2.24. The van der Waals surface area contributed by atoms with Gasteiger partial charge in [0.05, 0.1) is 23.4 Å². The minimum atomic E-state index is -0.493. The summed E-state index contributed by atoms with van der Waals surface area (Å²) in [6, 6.07) is 0. The molecule has 1 fully saturated rings. The Morgan fingerprint density at radius 2 is 1.14 bits per heavy atom. The van der Waals surface area contributed by atoms with Gasteiger partial charge in [-0.3, -0.25) is 9.59 Å². The fourth-order valence-electron chi connectivity index (χ4n) is 4.02. The van der Waals surface area contributed by atoms with Crippen molar-refractivity contribution in [1.29, 1.82) is 0 Å². The molecule has 2 rings (SSSR count). The predicted molar refractivity (Wildman–Crippen MR) is 110 cm³/mol. The van der Waals surface area contributed by atoms with Crippen LogP contribution in [-0.4, -0.2) is 38.4 Å². The van der Waals surface area contributed by atoms with Crippen LogP contribution in [0.4, 0.5) is 0 Å². The highest BCUT2D eigenvalue weighted by Gasteiger charge is 2.53. The molecule has 0 saturated heterocycles. The minimum Gasteiger partial charge on any atom is -0.495 e. The lowest BCUT2D eigenvalue weighted by atomic mass is 9.83. The van der Waals surface area contributed by atoms with E-state index >= 15 is 0 Å². The zero-order valence-electron chi connectivity index (χ0n) is 17.7. The summed E-state index contributed by atoms with van der Waals surface area (Å²) in [7, 11) is 0. The third-order valence-electron chi connectivity index (χ3n) is 5.33. The van der Waals surface area contributed by atoms with Gasteiger partial charge in [0.25, 0.3) is 0 Å². The molecule has 0 aromatic rings. The molecule has 6 nitrogen and oxygen atoms in total. The maximum Gasteiger partial charge on any atom is 0.310 e. The number of esters is 2. The highest BCUT2D eigenvalue weighted by molar-refractivity contribution is 5.84. The normalized spacial score (nSPS) is 24.2. The van der Waals surface area contributed by atoms with Crippen LogP contribution in [0.1, 0.15) is 46.0 Å². The van der Waals surface area contributed by atoms with Crippen LogP contribution in [0.5, 0.6) is 0 Å². The van der Waals surface area contributed by atoms with Gasteiger partial charge in [-0.15, -0.1) is 0 Å². The van der Waals surface area contributed by atoms with Crippen molar-refractivity contribution in [2.75, 3.05) is 26.4 Å². The number of carbonyl (C=O) groups excluding carboxylic acids is 2. The SMILES string of the molecule is C=C(CCC)OCCOC(=O)C1C2C=CC(C2)C1C(=O)OCCOC(=C)CCC. The van der Waals surface area contributed by atoms with Gasteiger partial charge in [-0.25, -0.2) is 0 Å². The van der Waals surface area contributed by atoms with Crippen LogP contribution in [0.15, 0.2) is 36.8 Å². The van der Waals surface area contributed by atoms with E-state index in [1.807, 2.05) is 26.0 Å². The Morgan fingerprint density at radius 3 is 1.52 bits per heavy atom. The zero-order valence-corrected chi connectivity index (χ0v) is 17.7. The topological polar surface area (TPSA) is 71.1 Å². The second kappa shape index (κ2) is 11.7. The fourth-order valence-corrected chi connectivity index (χ4v) is 4.02. The summed E-state index contributed by atoms with van der Waals surface area (Å²) in [5.41, 5.74) is 0. The van der Waals surface area contributed by atoms with Crippen LogP contribution in [0.25, 0.3) is 0 Å². The van der Waals surface area contributed by atoms with Gasteiger partial charge < -0.3 is 18.9 Å². The smallest absolute Gasteiger partial charge is 0.310 e. The van der Waals surface area contributed by atoms with E-state index in [-0.39, 0.29) is 50.2 Å². The Morgan fingerprint density at radius 1 is 0.759 bits per heavy atom. The molecule has 2 bridgehead atoms.